The van der Waals surface area contributed by atoms with Crippen molar-refractivity contribution in [3.8, 4) is 0 Å². The van der Waals surface area contributed by atoms with Gasteiger partial charge in [0.25, 0.3) is 0 Å². The van der Waals surface area contributed by atoms with E-state index < -0.39 is 0 Å². The van der Waals surface area contributed by atoms with Gasteiger partial charge in [-0.2, -0.15) is 0 Å². The maximum absolute atomic E-state index is 11.4. The number of amides is 1. The lowest BCUT2D eigenvalue weighted by Gasteiger charge is -2.32. The molecule has 0 saturated carbocycles. The Kier molecular flexibility index (Phi) is 4.30. The lowest BCUT2D eigenvalue weighted by atomic mass is 9.97. The van der Waals surface area contributed by atoms with Crippen LogP contribution in [0.4, 0.5) is 11.5 Å². The fourth-order valence-electron chi connectivity index (χ4n) is 3.98. The zero-order chi connectivity index (χ0) is 17.2. The summed E-state index contributed by atoms with van der Waals surface area (Å²) in [5.41, 5.74) is 9.34. The van der Waals surface area contributed by atoms with E-state index in [1.165, 1.54) is 11.1 Å². The smallest absolute Gasteiger partial charge is 0.222 e. The molecule has 2 atom stereocenters. The van der Waals surface area contributed by atoms with E-state index in [-0.39, 0.29) is 11.8 Å². The van der Waals surface area contributed by atoms with Crippen LogP contribution in [-0.4, -0.2) is 24.0 Å². The first kappa shape index (κ1) is 15.9. The Balaban J connectivity index is 1.43. The van der Waals surface area contributed by atoms with Crippen LogP contribution < -0.4 is 16.0 Å². The van der Waals surface area contributed by atoms with E-state index >= 15 is 0 Å². The molecule has 130 valence electrons. The molecule has 1 amide bonds. The van der Waals surface area contributed by atoms with Gasteiger partial charge in [0.05, 0.1) is 23.8 Å². The highest BCUT2D eigenvalue weighted by Crippen LogP contribution is 2.33. The molecule has 2 aromatic rings. The summed E-state index contributed by atoms with van der Waals surface area (Å²) in [7, 11) is 0. The maximum Gasteiger partial charge on any atom is 0.222 e. The Hall–Kier alpha value is -2.56. The number of pyridine rings is 1. The van der Waals surface area contributed by atoms with Crippen LogP contribution in [0.3, 0.4) is 0 Å². The number of nitrogens with two attached hydrogens (primary N) is 1. The molecule has 3 N–H and O–H groups in total. The van der Waals surface area contributed by atoms with Gasteiger partial charge in [-0.05, 0) is 48.9 Å². The fourth-order valence-corrected chi connectivity index (χ4v) is 3.98. The second-order valence-electron chi connectivity index (χ2n) is 7.03. The van der Waals surface area contributed by atoms with Gasteiger partial charge in [0.15, 0.2) is 0 Å². The van der Waals surface area contributed by atoms with Crippen LogP contribution in [-0.2, 0) is 11.2 Å². The van der Waals surface area contributed by atoms with E-state index in [4.69, 9.17) is 5.73 Å². The lowest BCUT2D eigenvalue weighted by Crippen LogP contribution is -2.41. The van der Waals surface area contributed by atoms with Gasteiger partial charge in [-0.15, -0.1) is 0 Å². The third-order valence-corrected chi connectivity index (χ3v) is 5.37. The predicted octanol–water partition coefficient (Wildman–Crippen LogP) is 2.88. The number of benzene rings is 1. The molecule has 0 bridgehead atoms. The number of hydrogen-bond acceptors (Lipinski definition) is 4. The molecule has 5 heteroatoms. The predicted molar refractivity (Wildman–Crippen MR) is 99.5 cm³/mol. The lowest BCUT2D eigenvalue weighted by molar-refractivity contribution is -0.122. The number of anilines is 2. The van der Waals surface area contributed by atoms with Gasteiger partial charge in [0.1, 0.15) is 5.82 Å². The van der Waals surface area contributed by atoms with Gasteiger partial charge >= 0.3 is 0 Å². The van der Waals surface area contributed by atoms with Crippen molar-refractivity contribution in [1.82, 2.24) is 4.98 Å². The molecule has 2 aliphatic rings. The van der Waals surface area contributed by atoms with Crippen LogP contribution >= 0.6 is 0 Å². The van der Waals surface area contributed by atoms with E-state index in [0.717, 1.165) is 43.7 Å². The number of fused-ring (bicyclic) bond motifs is 1. The summed E-state index contributed by atoms with van der Waals surface area (Å²) in [6.07, 6.45) is 6.00. The molecular weight excluding hydrogens is 312 g/mol. The highest BCUT2D eigenvalue weighted by atomic mass is 16.1. The minimum atomic E-state index is -0.206. The number of nitrogens with one attached hydrogen (secondary N) is 1. The largest absolute Gasteiger partial charge is 0.377 e. The van der Waals surface area contributed by atoms with Crippen LogP contribution in [0.15, 0.2) is 42.6 Å². The van der Waals surface area contributed by atoms with Crippen LogP contribution in [0.25, 0.3) is 0 Å². The highest BCUT2D eigenvalue weighted by Gasteiger charge is 2.25. The van der Waals surface area contributed by atoms with E-state index in [2.05, 4.69) is 45.5 Å². The molecular formula is C20H24N4O. The summed E-state index contributed by atoms with van der Waals surface area (Å²) in [4.78, 5) is 18.2. The normalized spacial score (nSPS) is 22.5. The van der Waals surface area contributed by atoms with Crippen molar-refractivity contribution < 1.29 is 4.79 Å². The third kappa shape index (κ3) is 3.31. The molecule has 0 spiro atoms. The second-order valence-corrected chi connectivity index (χ2v) is 7.03. The van der Waals surface area contributed by atoms with Gasteiger partial charge in [-0.25, -0.2) is 4.98 Å². The average molecular weight is 336 g/mol. The maximum atomic E-state index is 11.4. The average Bonchev–Trinajstić information content (AvgIpc) is 3.05. The Bertz CT molecular complexity index is 759. The van der Waals surface area contributed by atoms with E-state index in [1.807, 2.05) is 12.3 Å². The summed E-state index contributed by atoms with van der Waals surface area (Å²) in [5.74, 6) is 0.648. The number of piperidine rings is 1. The molecule has 1 aromatic carbocycles. The molecule has 1 aliphatic carbocycles. The van der Waals surface area contributed by atoms with E-state index in [0.29, 0.717) is 12.6 Å². The van der Waals surface area contributed by atoms with Crippen molar-refractivity contribution in [2.75, 3.05) is 23.3 Å². The van der Waals surface area contributed by atoms with Crippen molar-refractivity contribution >= 4 is 17.4 Å². The molecule has 5 nitrogen and oxygen atoms in total. The Labute approximate surface area is 148 Å². The monoisotopic (exact) mass is 336 g/mol. The Morgan fingerprint density at radius 2 is 2.08 bits per heavy atom. The number of nitrogens with zero attached hydrogens (tertiary/aromatic N) is 2. The molecule has 0 unspecified atom stereocenters. The zero-order valence-corrected chi connectivity index (χ0v) is 14.3. The molecule has 0 radical (unpaired) electrons. The topological polar surface area (TPSA) is 71.2 Å². The Morgan fingerprint density at radius 1 is 1.20 bits per heavy atom. The quantitative estimate of drug-likeness (QED) is 0.900. The first-order valence-electron chi connectivity index (χ1n) is 9.05. The van der Waals surface area contributed by atoms with Crippen LogP contribution in [0.1, 0.15) is 36.4 Å². The van der Waals surface area contributed by atoms with E-state index in [9.17, 15) is 4.79 Å². The molecule has 2 heterocycles. The number of carbonyl (C=O) groups excluding carboxylic acids is 1. The number of aryl methyl sites for hydroxylation is 1. The molecule has 1 aromatic heterocycles. The summed E-state index contributed by atoms with van der Waals surface area (Å²) < 4.78 is 0. The summed E-state index contributed by atoms with van der Waals surface area (Å²) in [6, 6.07) is 13.1. The molecule has 1 saturated heterocycles. The van der Waals surface area contributed by atoms with Gasteiger partial charge in [-0.1, -0.05) is 24.3 Å². The summed E-state index contributed by atoms with van der Waals surface area (Å²) in [6.45, 7) is 1.60. The van der Waals surface area contributed by atoms with Gasteiger partial charge in [-0.3, -0.25) is 4.79 Å². The minimum Gasteiger partial charge on any atom is -0.377 e. The number of aromatic nitrogens is 1. The minimum absolute atomic E-state index is 0.0664. The van der Waals surface area contributed by atoms with Crippen LogP contribution in [0.2, 0.25) is 0 Å². The Morgan fingerprint density at radius 3 is 2.88 bits per heavy atom. The van der Waals surface area contributed by atoms with Crippen molar-refractivity contribution in [3.05, 3.63) is 53.7 Å². The standard InChI is InChI=1S/C20H24N4O/c21-20(25)15-5-3-11-24(13-15)19-10-8-16(12-22-19)23-18-9-7-14-4-1-2-6-17(14)18/h1-2,4,6,8,10,12,15,18,23H,3,5,7,9,11,13H2,(H2,21,25)/t15-,18+/m0/s1. The molecule has 1 fully saturated rings. The fraction of sp³-hybridized carbons (Fsp3) is 0.400. The SMILES string of the molecule is NC(=O)[C@H]1CCCN(c2ccc(N[C@@H]3CCc4ccccc43)cn2)C1. The highest BCUT2D eigenvalue weighted by molar-refractivity contribution is 5.77. The summed E-state index contributed by atoms with van der Waals surface area (Å²) >= 11 is 0. The number of hydrogen-bond donors (Lipinski definition) is 2. The first-order valence-corrected chi connectivity index (χ1v) is 9.05. The zero-order valence-electron chi connectivity index (χ0n) is 14.3. The number of rotatable bonds is 4. The van der Waals surface area contributed by atoms with E-state index in [1.54, 1.807) is 0 Å². The summed E-state index contributed by atoms with van der Waals surface area (Å²) in [5, 5.41) is 3.60. The van der Waals surface area contributed by atoms with Crippen molar-refractivity contribution in [2.24, 2.45) is 11.7 Å². The van der Waals surface area contributed by atoms with Gasteiger partial charge in [0, 0.05) is 13.1 Å². The van der Waals surface area contributed by atoms with Gasteiger partial charge in [0.2, 0.25) is 5.91 Å². The molecule has 1 aliphatic heterocycles. The number of carbonyl (C=O) groups is 1. The second kappa shape index (κ2) is 6.75. The third-order valence-electron chi connectivity index (χ3n) is 5.37. The molecule has 25 heavy (non-hydrogen) atoms. The molecule has 4 rings (SSSR count). The van der Waals surface area contributed by atoms with Crippen LogP contribution in [0, 0.1) is 5.92 Å². The van der Waals surface area contributed by atoms with Crippen molar-refractivity contribution in [2.45, 2.75) is 31.7 Å². The van der Waals surface area contributed by atoms with Gasteiger partial charge < -0.3 is 16.0 Å². The first-order chi connectivity index (χ1) is 12.2. The number of primary amides is 1. The van der Waals surface area contributed by atoms with Crippen molar-refractivity contribution in [3.63, 3.8) is 0 Å². The van der Waals surface area contributed by atoms with Crippen molar-refractivity contribution in [1.29, 1.82) is 0 Å². The van der Waals surface area contributed by atoms with Crippen LogP contribution in [0.5, 0.6) is 0 Å².